The fourth-order valence-electron chi connectivity index (χ4n) is 3.35. The summed E-state index contributed by atoms with van der Waals surface area (Å²) in [5.74, 6) is -2.09. The summed E-state index contributed by atoms with van der Waals surface area (Å²) in [6.45, 7) is 5.52. The molecule has 1 N–H and O–H groups in total. The summed E-state index contributed by atoms with van der Waals surface area (Å²) >= 11 is 0. The van der Waals surface area contributed by atoms with Crippen molar-refractivity contribution >= 4 is 11.9 Å². The first-order valence-corrected chi connectivity index (χ1v) is 8.12. The lowest BCUT2D eigenvalue weighted by Crippen LogP contribution is -2.50. The molecule has 0 bridgehead atoms. The molecule has 6 nitrogen and oxygen atoms in total. The zero-order chi connectivity index (χ0) is 18.4. The van der Waals surface area contributed by atoms with E-state index in [1.165, 1.54) is 28.6 Å². The minimum absolute atomic E-state index is 0.136. The molecule has 1 aliphatic rings. The second kappa shape index (κ2) is 5.98. The molecular formula is C18H20FN3O3. The SMILES string of the molecule is Cc1cc(C)n(-c2ccc(C(=O)N3CCCC3(C)C(=O)O)cc2F)n1. The molecule has 2 aromatic rings. The molecule has 3 rings (SSSR count). The van der Waals surface area contributed by atoms with Gasteiger partial charge in [-0.3, -0.25) is 4.79 Å². The second-order valence-electron chi connectivity index (χ2n) is 6.64. The van der Waals surface area contributed by atoms with E-state index in [0.717, 1.165) is 17.5 Å². The van der Waals surface area contributed by atoms with Crippen LogP contribution in [0.1, 0.15) is 41.5 Å². The molecule has 2 heterocycles. The number of aryl methyl sites for hydroxylation is 2. The lowest BCUT2D eigenvalue weighted by Gasteiger charge is -2.31. The Kier molecular flexibility index (Phi) is 4.10. The molecule has 1 atom stereocenters. The predicted octanol–water partition coefficient (Wildman–Crippen LogP) is 2.71. The van der Waals surface area contributed by atoms with Gasteiger partial charge in [-0.15, -0.1) is 0 Å². The third kappa shape index (κ3) is 2.79. The lowest BCUT2D eigenvalue weighted by atomic mass is 9.98. The zero-order valence-electron chi connectivity index (χ0n) is 14.4. The number of aliphatic carboxylic acids is 1. The van der Waals surface area contributed by atoms with E-state index in [4.69, 9.17) is 0 Å². The fraction of sp³-hybridized carbons (Fsp3) is 0.389. The summed E-state index contributed by atoms with van der Waals surface area (Å²) in [6.07, 6.45) is 1.00. The Morgan fingerprint density at radius 1 is 1.28 bits per heavy atom. The number of aromatic nitrogens is 2. The van der Waals surface area contributed by atoms with E-state index >= 15 is 0 Å². The average Bonchev–Trinajstić information content (AvgIpc) is 3.10. The first kappa shape index (κ1) is 17.1. The van der Waals surface area contributed by atoms with Crippen LogP contribution in [0.2, 0.25) is 0 Å². The van der Waals surface area contributed by atoms with E-state index in [1.54, 1.807) is 0 Å². The molecule has 1 fully saturated rings. The molecule has 0 radical (unpaired) electrons. The van der Waals surface area contributed by atoms with Gasteiger partial charge in [0.25, 0.3) is 5.91 Å². The van der Waals surface area contributed by atoms with Gasteiger partial charge in [-0.05, 0) is 57.9 Å². The van der Waals surface area contributed by atoms with Gasteiger partial charge in [-0.2, -0.15) is 5.10 Å². The Morgan fingerprint density at radius 3 is 2.56 bits per heavy atom. The molecule has 25 heavy (non-hydrogen) atoms. The largest absolute Gasteiger partial charge is 0.480 e. The summed E-state index contributed by atoms with van der Waals surface area (Å²) in [7, 11) is 0. The quantitative estimate of drug-likeness (QED) is 0.928. The van der Waals surface area contributed by atoms with E-state index in [2.05, 4.69) is 5.10 Å². The minimum atomic E-state index is -1.25. The van der Waals surface area contributed by atoms with Crippen LogP contribution in [0.15, 0.2) is 24.3 Å². The Morgan fingerprint density at radius 2 is 2.00 bits per heavy atom. The average molecular weight is 345 g/mol. The molecule has 1 unspecified atom stereocenters. The Labute approximate surface area is 144 Å². The molecule has 0 spiro atoms. The number of hydrogen-bond acceptors (Lipinski definition) is 3. The van der Waals surface area contributed by atoms with Crippen molar-refractivity contribution in [3.63, 3.8) is 0 Å². The smallest absolute Gasteiger partial charge is 0.329 e. The molecule has 7 heteroatoms. The van der Waals surface area contributed by atoms with Gasteiger partial charge >= 0.3 is 5.97 Å². The highest BCUT2D eigenvalue weighted by atomic mass is 19.1. The number of benzene rings is 1. The monoisotopic (exact) mass is 345 g/mol. The van der Waals surface area contributed by atoms with Gasteiger partial charge in [0.05, 0.1) is 5.69 Å². The fourth-order valence-corrected chi connectivity index (χ4v) is 3.35. The van der Waals surface area contributed by atoms with Gasteiger partial charge in [-0.25, -0.2) is 13.9 Å². The van der Waals surface area contributed by atoms with Crippen molar-refractivity contribution in [2.45, 2.75) is 39.2 Å². The van der Waals surface area contributed by atoms with Gasteiger partial charge in [-0.1, -0.05) is 0 Å². The van der Waals surface area contributed by atoms with Crippen molar-refractivity contribution in [2.24, 2.45) is 0 Å². The van der Waals surface area contributed by atoms with Gasteiger partial charge in [0.2, 0.25) is 0 Å². The molecule has 1 aliphatic heterocycles. The van der Waals surface area contributed by atoms with E-state index < -0.39 is 23.2 Å². The normalized spacial score (nSPS) is 20.1. The van der Waals surface area contributed by atoms with Crippen molar-refractivity contribution in [1.82, 2.24) is 14.7 Å². The van der Waals surface area contributed by atoms with E-state index in [0.29, 0.717) is 19.4 Å². The molecule has 0 aliphatic carbocycles. The van der Waals surface area contributed by atoms with Crippen LogP contribution in [0, 0.1) is 19.7 Å². The molecule has 1 aromatic carbocycles. The number of amides is 1. The molecule has 1 saturated heterocycles. The summed E-state index contributed by atoms with van der Waals surface area (Å²) in [6, 6.07) is 5.99. The number of rotatable bonds is 3. The summed E-state index contributed by atoms with van der Waals surface area (Å²) in [4.78, 5) is 25.6. The molecular weight excluding hydrogens is 325 g/mol. The Hall–Kier alpha value is -2.70. The topological polar surface area (TPSA) is 75.4 Å². The number of likely N-dealkylation sites (tertiary alicyclic amines) is 1. The first-order chi connectivity index (χ1) is 11.7. The first-order valence-electron chi connectivity index (χ1n) is 8.12. The van der Waals surface area contributed by atoms with Crippen LogP contribution in [0.4, 0.5) is 4.39 Å². The Bertz CT molecular complexity index is 861. The van der Waals surface area contributed by atoms with Crippen molar-refractivity contribution < 1.29 is 19.1 Å². The van der Waals surface area contributed by atoms with Crippen LogP contribution in [-0.2, 0) is 4.79 Å². The van der Waals surface area contributed by atoms with Crippen LogP contribution >= 0.6 is 0 Å². The van der Waals surface area contributed by atoms with Gasteiger partial charge in [0, 0.05) is 17.8 Å². The van der Waals surface area contributed by atoms with Gasteiger partial charge < -0.3 is 10.0 Å². The number of carbonyl (C=O) groups is 2. The number of hydrogen-bond donors (Lipinski definition) is 1. The predicted molar refractivity (Wildman–Crippen MR) is 89.3 cm³/mol. The van der Waals surface area contributed by atoms with Crippen LogP contribution in [0.3, 0.4) is 0 Å². The van der Waals surface area contributed by atoms with Gasteiger partial charge in [0.1, 0.15) is 17.0 Å². The number of halogens is 1. The Balaban J connectivity index is 1.94. The number of carbonyl (C=O) groups excluding carboxylic acids is 1. The summed E-state index contributed by atoms with van der Waals surface area (Å²) < 4.78 is 16.1. The van der Waals surface area contributed by atoms with E-state index in [9.17, 15) is 19.1 Å². The van der Waals surface area contributed by atoms with Crippen molar-refractivity contribution in [2.75, 3.05) is 6.54 Å². The van der Waals surface area contributed by atoms with E-state index in [-0.39, 0.29) is 11.3 Å². The number of carboxylic acid groups (broad SMARTS) is 1. The minimum Gasteiger partial charge on any atom is -0.480 e. The maximum absolute atomic E-state index is 14.6. The highest BCUT2D eigenvalue weighted by Crippen LogP contribution is 2.31. The number of carboxylic acids is 1. The highest BCUT2D eigenvalue weighted by molar-refractivity contribution is 5.98. The highest BCUT2D eigenvalue weighted by Gasteiger charge is 2.46. The van der Waals surface area contributed by atoms with Crippen LogP contribution < -0.4 is 0 Å². The lowest BCUT2D eigenvalue weighted by molar-refractivity contribution is -0.147. The van der Waals surface area contributed by atoms with Crippen molar-refractivity contribution in [3.05, 3.63) is 47.0 Å². The third-order valence-corrected chi connectivity index (χ3v) is 4.78. The van der Waals surface area contributed by atoms with E-state index in [1.807, 2.05) is 19.9 Å². The molecule has 1 amide bonds. The maximum atomic E-state index is 14.6. The van der Waals surface area contributed by atoms with Crippen LogP contribution in [0.5, 0.6) is 0 Å². The standard InChI is InChI=1S/C18H20FN3O3/c1-11-9-12(2)22(20-11)15-6-5-13(10-14(15)19)16(23)21-8-4-7-18(21,3)17(24)25/h5-6,9-10H,4,7-8H2,1-3H3,(H,24,25). The summed E-state index contributed by atoms with van der Waals surface area (Å²) in [5, 5.41) is 13.7. The van der Waals surface area contributed by atoms with Crippen LogP contribution in [0.25, 0.3) is 5.69 Å². The van der Waals surface area contributed by atoms with Crippen molar-refractivity contribution in [3.8, 4) is 5.69 Å². The third-order valence-electron chi connectivity index (χ3n) is 4.78. The number of nitrogens with zero attached hydrogens (tertiary/aromatic N) is 3. The van der Waals surface area contributed by atoms with Crippen molar-refractivity contribution in [1.29, 1.82) is 0 Å². The maximum Gasteiger partial charge on any atom is 0.329 e. The summed E-state index contributed by atoms with van der Waals surface area (Å²) in [5.41, 5.74) is 0.698. The zero-order valence-corrected chi connectivity index (χ0v) is 14.4. The molecule has 132 valence electrons. The molecule has 0 saturated carbocycles. The molecule has 1 aromatic heterocycles. The van der Waals surface area contributed by atoms with Gasteiger partial charge in [0.15, 0.2) is 0 Å². The second-order valence-corrected chi connectivity index (χ2v) is 6.64. The van der Waals surface area contributed by atoms with Crippen LogP contribution in [-0.4, -0.2) is 43.7 Å².